The van der Waals surface area contributed by atoms with Crippen LogP contribution >= 0.6 is 7.75 Å². The van der Waals surface area contributed by atoms with E-state index in [2.05, 4.69) is 10.1 Å². The zero-order valence-electron chi connectivity index (χ0n) is 20.0. The summed E-state index contributed by atoms with van der Waals surface area (Å²) in [5, 5.41) is 23.0. The number of para-hydroxylation sites is 1. The maximum atomic E-state index is 13.6. The monoisotopic (exact) mass is 527 g/mol. The summed E-state index contributed by atoms with van der Waals surface area (Å²) in [4.78, 5) is 37.9. The van der Waals surface area contributed by atoms with E-state index in [1.807, 2.05) is 0 Å². The average Bonchev–Trinajstić information content (AvgIpc) is 3.13. The van der Waals surface area contributed by atoms with Gasteiger partial charge in [-0.3, -0.25) is 23.7 Å². The van der Waals surface area contributed by atoms with Crippen LogP contribution in [0.1, 0.15) is 27.0 Å². The fraction of sp³-hybridized carbons (Fsp3) is 0.500. The Kier molecular flexibility index (Phi) is 9.23. The molecule has 0 bridgehead atoms. The van der Waals surface area contributed by atoms with Crippen LogP contribution in [-0.2, 0) is 23.4 Å². The van der Waals surface area contributed by atoms with Crippen LogP contribution in [0.25, 0.3) is 0 Å². The number of carbonyl (C=O) groups excluding carboxylic acids is 1. The number of carbonyl (C=O) groups is 1. The minimum absolute atomic E-state index is 0.196. The van der Waals surface area contributed by atoms with Crippen molar-refractivity contribution >= 4 is 13.7 Å². The Bertz CT molecular complexity index is 1180. The molecule has 1 aliphatic rings. The molecule has 1 fully saturated rings. The summed E-state index contributed by atoms with van der Waals surface area (Å²) in [7, 11) is -4.22. The van der Waals surface area contributed by atoms with E-state index in [0.717, 1.165) is 16.8 Å². The fourth-order valence-corrected chi connectivity index (χ4v) is 5.05. The smallest absolute Gasteiger partial charge is 0.459 e. The molecule has 2 aromatic rings. The summed E-state index contributed by atoms with van der Waals surface area (Å²) in [5.74, 6) is -1.41. The van der Waals surface area contributed by atoms with Crippen molar-refractivity contribution in [1.82, 2.24) is 14.6 Å². The highest BCUT2D eigenvalue weighted by atomic mass is 31.2. The van der Waals surface area contributed by atoms with Gasteiger partial charge in [0.1, 0.15) is 17.9 Å². The van der Waals surface area contributed by atoms with Gasteiger partial charge in [0.05, 0.1) is 25.4 Å². The number of aromatic amines is 1. The van der Waals surface area contributed by atoms with Crippen molar-refractivity contribution in [2.24, 2.45) is 5.92 Å². The molecule has 0 spiro atoms. The third-order valence-electron chi connectivity index (χ3n) is 5.29. The zero-order valence-corrected chi connectivity index (χ0v) is 20.9. The number of aliphatic hydroxyl groups is 2. The second kappa shape index (κ2) is 12.0. The average molecular weight is 527 g/mol. The lowest BCUT2D eigenvalue weighted by Gasteiger charge is -2.25. The molecule has 13 nitrogen and oxygen atoms in total. The van der Waals surface area contributed by atoms with Gasteiger partial charge in [-0.1, -0.05) is 18.2 Å². The summed E-state index contributed by atoms with van der Waals surface area (Å²) in [6.07, 6.45) is -2.87. The molecule has 0 amide bonds. The minimum Gasteiger partial charge on any atom is -0.462 e. The van der Waals surface area contributed by atoms with Crippen LogP contribution in [0.4, 0.5) is 0 Å². The summed E-state index contributed by atoms with van der Waals surface area (Å²) in [6.45, 7) is 3.78. The summed E-state index contributed by atoms with van der Waals surface area (Å²) in [6, 6.07) is 8.13. The number of hydrogen-bond donors (Lipinski definition) is 4. The molecule has 14 heteroatoms. The maximum absolute atomic E-state index is 13.6. The van der Waals surface area contributed by atoms with E-state index in [1.165, 1.54) is 6.92 Å². The lowest BCUT2D eigenvalue weighted by atomic mass is 9.99. The zero-order chi connectivity index (χ0) is 26.5. The lowest BCUT2D eigenvalue weighted by molar-refractivity contribution is -0.149. The Morgan fingerprint density at radius 1 is 1.22 bits per heavy atom. The van der Waals surface area contributed by atoms with Crippen molar-refractivity contribution in [1.29, 1.82) is 0 Å². The number of rotatable bonds is 11. The standard InChI is InChI=1S/C22H30N3O10P/c1-13(2)33-21(29)14(3)24-36(31,35-15-7-5-4-6-8-15)32-12-17-16(11-26)19(28)20(34-17)25-10-9-18(27)23-22(25)30/h4-10,13-14,16-17,19-20,26,28H,11-12H2,1-3H3,(H,24,31)(H,23,27,30)/t14-,16-,17-,19-,20-,36+/m1/s1. The molecule has 2 heterocycles. The van der Waals surface area contributed by atoms with Crippen LogP contribution in [0.3, 0.4) is 0 Å². The van der Waals surface area contributed by atoms with Crippen molar-refractivity contribution < 1.29 is 38.1 Å². The predicted molar refractivity (Wildman–Crippen MR) is 126 cm³/mol. The van der Waals surface area contributed by atoms with Crippen LogP contribution in [0.2, 0.25) is 0 Å². The maximum Gasteiger partial charge on any atom is 0.459 e. The SMILES string of the molecule is CC(C)OC(=O)[C@@H](C)N[P@](=O)(OC[C@H]1O[C@@H](n2ccc(=O)[nH]c2=O)[C@H](O)[C@@H]1CO)Oc1ccccc1. The van der Waals surface area contributed by atoms with Gasteiger partial charge in [-0.25, -0.2) is 9.36 Å². The number of aromatic nitrogens is 2. The van der Waals surface area contributed by atoms with E-state index < -0.39 is 74.7 Å². The molecule has 36 heavy (non-hydrogen) atoms. The van der Waals surface area contributed by atoms with Gasteiger partial charge in [0.25, 0.3) is 5.56 Å². The summed E-state index contributed by atoms with van der Waals surface area (Å²) < 4.78 is 36.6. The largest absolute Gasteiger partial charge is 0.462 e. The predicted octanol–water partition coefficient (Wildman–Crippen LogP) is 0.537. The number of nitrogens with one attached hydrogen (secondary N) is 2. The Morgan fingerprint density at radius 2 is 1.92 bits per heavy atom. The van der Waals surface area contributed by atoms with Gasteiger partial charge >= 0.3 is 19.4 Å². The van der Waals surface area contributed by atoms with Gasteiger partial charge in [-0.2, -0.15) is 5.09 Å². The number of hydrogen-bond acceptors (Lipinski definition) is 10. The molecule has 6 atom stereocenters. The molecule has 198 valence electrons. The van der Waals surface area contributed by atoms with Crippen LogP contribution in [0.15, 0.2) is 52.2 Å². The Hall–Kier alpha value is -2.80. The van der Waals surface area contributed by atoms with E-state index in [0.29, 0.717) is 0 Å². The molecule has 0 saturated carbocycles. The van der Waals surface area contributed by atoms with Crippen molar-refractivity contribution in [3.63, 3.8) is 0 Å². The molecule has 4 N–H and O–H groups in total. The quantitative estimate of drug-likeness (QED) is 0.237. The highest BCUT2D eigenvalue weighted by Gasteiger charge is 2.46. The number of H-pyrrole nitrogens is 1. The van der Waals surface area contributed by atoms with Gasteiger partial charge in [-0.15, -0.1) is 0 Å². The van der Waals surface area contributed by atoms with E-state index >= 15 is 0 Å². The van der Waals surface area contributed by atoms with Crippen molar-refractivity contribution in [2.75, 3.05) is 13.2 Å². The number of aliphatic hydroxyl groups excluding tert-OH is 2. The van der Waals surface area contributed by atoms with E-state index in [4.69, 9.17) is 18.5 Å². The van der Waals surface area contributed by atoms with E-state index in [-0.39, 0.29) is 5.75 Å². The second-order valence-corrected chi connectivity index (χ2v) is 10.1. The lowest BCUT2D eigenvalue weighted by Crippen LogP contribution is -2.37. The van der Waals surface area contributed by atoms with Crippen LogP contribution in [0, 0.1) is 5.92 Å². The first-order chi connectivity index (χ1) is 17.0. The summed E-state index contributed by atoms with van der Waals surface area (Å²) in [5.41, 5.74) is -1.44. The first-order valence-corrected chi connectivity index (χ1v) is 12.8. The van der Waals surface area contributed by atoms with Gasteiger partial charge in [0.15, 0.2) is 6.23 Å². The Balaban J connectivity index is 1.79. The Morgan fingerprint density at radius 3 is 2.53 bits per heavy atom. The molecular weight excluding hydrogens is 497 g/mol. The summed E-state index contributed by atoms with van der Waals surface area (Å²) >= 11 is 0. The molecule has 1 aliphatic heterocycles. The number of nitrogens with zero attached hydrogens (tertiary/aromatic N) is 1. The first kappa shape index (κ1) is 27.8. The van der Waals surface area contributed by atoms with Crippen molar-refractivity contribution in [3.8, 4) is 5.75 Å². The van der Waals surface area contributed by atoms with E-state index in [9.17, 15) is 29.2 Å². The Labute approximate surface area is 206 Å². The topological polar surface area (TPSA) is 178 Å². The van der Waals surface area contributed by atoms with Gasteiger partial charge in [0.2, 0.25) is 0 Å². The number of benzene rings is 1. The van der Waals surface area contributed by atoms with Crippen molar-refractivity contribution in [2.45, 2.75) is 51.4 Å². The van der Waals surface area contributed by atoms with Gasteiger partial charge in [-0.05, 0) is 32.9 Å². The van der Waals surface area contributed by atoms with Gasteiger partial charge < -0.3 is 24.2 Å². The van der Waals surface area contributed by atoms with Crippen LogP contribution in [-0.4, -0.2) is 63.3 Å². The molecule has 0 unspecified atom stereocenters. The fourth-order valence-electron chi connectivity index (χ4n) is 3.54. The highest BCUT2D eigenvalue weighted by molar-refractivity contribution is 7.52. The molecule has 1 aromatic heterocycles. The first-order valence-electron chi connectivity index (χ1n) is 11.3. The third kappa shape index (κ3) is 6.90. The van der Waals surface area contributed by atoms with Crippen LogP contribution in [0.5, 0.6) is 5.75 Å². The highest BCUT2D eigenvalue weighted by Crippen LogP contribution is 2.46. The third-order valence-corrected chi connectivity index (χ3v) is 6.94. The van der Waals surface area contributed by atoms with Crippen LogP contribution < -0.4 is 20.9 Å². The molecule has 0 radical (unpaired) electrons. The van der Waals surface area contributed by atoms with Gasteiger partial charge in [0, 0.05) is 18.2 Å². The molecule has 1 aromatic carbocycles. The number of ether oxygens (including phenoxy) is 2. The van der Waals surface area contributed by atoms with E-state index in [1.54, 1.807) is 44.2 Å². The molecular formula is C22H30N3O10P. The molecule has 0 aliphatic carbocycles. The minimum atomic E-state index is -4.22. The van der Waals surface area contributed by atoms with Crippen molar-refractivity contribution in [3.05, 3.63) is 63.4 Å². The molecule has 1 saturated heterocycles. The molecule has 3 rings (SSSR count). The number of esters is 1. The normalized spacial score (nSPS) is 24.3. The second-order valence-electron chi connectivity index (χ2n) is 8.45.